The Kier molecular flexibility index (Phi) is 10.5. The van der Waals surface area contributed by atoms with Gasteiger partial charge >= 0.3 is 5.97 Å². The van der Waals surface area contributed by atoms with Gasteiger partial charge in [0.25, 0.3) is 0 Å². The number of unbranched alkanes of at least 4 members (excludes halogenated alkanes) is 6. The second kappa shape index (κ2) is 12.9. The molecule has 0 bridgehead atoms. The molecule has 0 saturated carbocycles. The lowest BCUT2D eigenvalue weighted by Crippen LogP contribution is -2.27. The van der Waals surface area contributed by atoms with E-state index in [0.717, 1.165) is 12.8 Å². The lowest BCUT2D eigenvalue weighted by molar-refractivity contribution is -0.207. The zero-order valence-electron chi connectivity index (χ0n) is 17.4. The third kappa shape index (κ3) is 7.51. The number of carbonyl (C=O) groups excluding carboxylic acids is 1. The third-order valence-electron chi connectivity index (χ3n) is 5.11. The Labute approximate surface area is 168 Å². The van der Waals surface area contributed by atoms with Gasteiger partial charge in [-0.2, -0.15) is 0 Å². The van der Waals surface area contributed by atoms with E-state index in [1.807, 2.05) is 6.92 Å². The van der Waals surface area contributed by atoms with Crippen LogP contribution >= 0.6 is 0 Å². The van der Waals surface area contributed by atoms with Crippen molar-refractivity contribution in [1.29, 1.82) is 0 Å². The van der Waals surface area contributed by atoms with E-state index in [2.05, 4.69) is 6.92 Å². The number of carbonyl (C=O) groups is 1. The van der Waals surface area contributed by atoms with E-state index in [0.29, 0.717) is 31.3 Å². The number of esters is 1. The molecule has 28 heavy (non-hydrogen) atoms. The van der Waals surface area contributed by atoms with Crippen molar-refractivity contribution < 1.29 is 23.4 Å². The SMILES string of the molecule is CCCCCCCCCC1COC(c2ccc(C(=O)OCCC)cc2F)OC1. The lowest BCUT2D eigenvalue weighted by Gasteiger charge is -2.30. The molecule has 0 N–H and O–H groups in total. The van der Waals surface area contributed by atoms with Gasteiger partial charge in [0.05, 0.1) is 25.4 Å². The van der Waals surface area contributed by atoms with Crippen molar-refractivity contribution in [3.05, 3.63) is 35.1 Å². The molecular formula is C23H35FO4. The lowest BCUT2D eigenvalue weighted by atomic mass is 10.0. The molecule has 1 fully saturated rings. The van der Waals surface area contributed by atoms with Crippen molar-refractivity contribution in [1.82, 2.24) is 0 Å². The van der Waals surface area contributed by atoms with E-state index in [4.69, 9.17) is 14.2 Å². The predicted molar refractivity (Wildman–Crippen MR) is 108 cm³/mol. The first-order valence-corrected chi connectivity index (χ1v) is 10.9. The van der Waals surface area contributed by atoms with Gasteiger partial charge in [-0.05, 0) is 25.0 Å². The Balaban J connectivity index is 1.71. The van der Waals surface area contributed by atoms with Gasteiger partial charge < -0.3 is 14.2 Å². The quantitative estimate of drug-likeness (QED) is 0.313. The van der Waals surface area contributed by atoms with E-state index >= 15 is 0 Å². The monoisotopic (exact) mass is 394 g/mol. The number of halogens is 1. The van der Waals surface area contributed by atoms with Gasteiger partial charge in [-0.25, -0.2) is 9.18 Å². The average molecular weight is 395 g/mol. The average Bonchev–Trinajstić information content (AvgIpc) is 2.72. The van der Waals surface area contributed by atoms with Crippen LogP contribution in [-0.4, -0.2) is 25.8 Å². The fraction of sp³-hybridized carbons (Fsp3) is 0.696. The van der Waals surface area contributed by atoms with Gasteiger partial charge in [0.2, 0.25) is 0 Å². The molecule has 1 aliphatic rings. The van der Waals surface area contributed by atoms with Crippen LogP contribution in [0, 0.1) is 11.7 Å². The van der Waals surface area contributed by atoms with E-state index in [9.17, 15) is 9.18 Å². The van der Waals surface area contributed by atoms with Gasteiger partial charge in [-0.1, -0.05) is 64.9 Å². The van der Waals surface area contributed by atoms with Gasteiger partial charge in [-0.15, -0.1) is 0 Å². The highest BCUT2D eigenvalue weighted by molar-refractivity contribution is 5.89. The second-order valence-corrected chi connectivity index (χ2v) is 7.65. The van der Waals surface area contributed by atoms with Crippen molar-refractivity contribution in [2.75, 3.05) is 19.8 Å². The normalized spacial score (nSPS) is 19.5. The number of hydrogen-bond donors (Lipinski definition) is 0. The van der Waals surface area contributed by atoms with Crippen LogP contribution in [0.25, 0.3) is 0 Å². The van der Waals surface area contributed by atoms with Crippen LogP contribution in [0.1, 0.15) is 93.8 Å². The van der Waals surface area contributed by atoms with Crippen molar-refractivity contribution >= 4 is 5.97 Å². The summed E-state index contributed by atoms with van der Waals surface area (Å²) in [5.41, 5.74) is 0.545. The largest absolute Gasteiger partial charge is 0.462 e. The molecule has 1 aromatic rings. The maximum atomic E-state index is 14.4. The molecule has 1 heterocycles. The molecule has 0 unspecified atom stereocenters. The molecule has 1 saturated heterocycles. The minimum absolute atomic E-state index is 0.210. The summed E-state index contributed by atoms with van der Waals surface area (Å²) < 4.78 is 31.0. The molecule has 5 heteroatoms. The molecule has 0 amide bonds. The van der Waals surface area contributed by atoms with Crippen LogP contribution < -0.4 is 0 Å². The van der Waals surface area contributed by atoms with Crippen LogP contribution in [0.4, 0.5) is 4.39 Å². The number of ether oxygens (including phenoxy) is 3. The number of benzene rings is 1. The van der Waals surface area contributed by atoms with Crippen LogP contribution in [0.15, 0.2) is 18.2 Å². The fourth-order valence-corrected chi connectivity index (χ4v) is 3.40. The van der Waals surface area contributed by atoms with Crippen molar-refractivity contribution in [2.24, 2.45) is 5.92 Å². The van der Waals surface area contributed by atoms with Crippen molar-refractivity contribution in [3.63, 3.8) is 0 Å². The highest BCUT2D eigenvalue weighted by Gasteiger charge is 2.26. The van der Waals surface area contributed by atoms with Gasteiger partial charge in [0.15, 0.2) is 6.29 Å². The first kappa shape index (κ1) is 22.8. The van der Waals surface area contributed by atoms with Crippen LogP contribution in [0.3, 0.4) is 0 Å². The predicted octanol–water partition coefficient (Wildman–Crippen LogP) is 6.19. The maximum absolute atomic E-state index is 14.4. The number of hydrogen-bond acceptors (Lipinski definition) is 4. The Bertz CT molecular complexity index is 582. The Morgan fingerprint density at radius 2 is 1.71 bits per heavy atom. The minimum Gasteiger partial charge on any atom is -0.462 e. The summed E-state index contributed by atoms with van der Waals surface area (Å²) in [5.74, 6) is -0.632. The molecule has 0 radical (unpaired) electrons. The molecule has 0 atom stereocenters. The smallest absolute Gasteiger partial charge is 0.338 e. The van der Waals surface area contributed by atoms with E-state index in [1.165, 1.54) is 51.0 Å². The Morgan fingerprint density at radius 3 is 2.36 bits per heavy atom. The molecule has 4 nitrogen and oxygen atoms in total. The van der Waals surface area contributed by atoms with Gasteiger partial charge in [-0.3, -0.25) is 0 Å². The molecule has 158 valence electrons. The summed E-state index contributed by atoms with van der Waals surface area (Å²) in [6.45, 7) is 5.64. The van der Waals surface area contributed by atoms with Gasteiger partial charge in [0, 0.05) is 11.5 Å². The fourth-order valence-electron chi connectivity index (χ4n) is 3.40. The van der Waals surface area contributed by atoms with Gasteiger partial charge in [0.1, 0.15) is 5.82 Å². The van der Waals surface area contributed by atoms with Crippen molar-refractivity contribution in [2.45, 2.75) is 77.9 Å². The zero-order chi connectivity index (χ0) is 20.2. The molecule has 1 aromatic carbocycles. The third-order valence-corrected chi connectivity index (χ3v) is 5.11. The van der Waals surface area contributed by atoms with Crippen LogP contribution in [0.5, 0.6) is 0 Å². The molecule has 0 aromatic heterocycles. The van der Waals surface area contributed by atoms with Crippen LogP contribution in [-0.2, 0) is 14.2 Å². The van der Waals surface area contributed by atoms with Crippen LogP contribution in [0.2, 0.25) is 0 Å². The summed E-state index contributed by atoms with van der Waals surface area (Å²) in [6, 6.07) is 4.32. The Hall–Kier alpha value is -1.46. The summed E-state index contributed by atoms with van der Waals surface area (Å²) in [6.07, 6.45) is 10.2. The van der Waals surface area contributed by atoms with E-state index in [-0.39, 0.29) is 5.56 Å². The second-order valence-electron chi connectivity index (χ2n) is 7.65. The van der Waals surface area contributed by atoms with E-state index in [1.54, 1.807) is 12.1 Å². The minimum atomic E-state index is -0.703. The van der Waals surface area contributed by atoms with Crippen molar-refractivity contribution in [3.8, 4) is 0 Å². The summed E-state index contributed by atoms with van der Waals surface area (Å²) in [5, 5.41) is 0. The molecule has 2 rings (SSSR count). The zero-order valence-corrected chi connectivity index (χ0v) is 17.4. The first-order chi connectivity index (χ1) is 13.7. The summed E-state index contributed by atoms with van der Waals surface area (Å²) in [7, 11) is 0. The standard InChI is InChI=1S/C23H35FO4/c1-3-5-6-7-8-9-10-11-18-16-27-23(28-17-18)20-13-12-19(15-21(20)24)22(25)26-14-4-2/h12-13,15,18,23H,3-11,14,16-17H2,1-2H3. The molecule has 1 aliphatic heterocycles. The number of rotatable bonds is 12. The molecule has 0 aliphatic carbocycles. The molecular weight excluding hydrogens is 359 g/mol. The topological polar surface area (TPSA) is 44.8 Å². The molecule has 0 spiro atoms. The Morgan fingerprint density at radius 1 is 1.04 bits per heavy atom. The summed E-state index contributed by atoms with van der Waals surface area (Å²) in [4.78, 5) is 11.8. The summed E-state index contributed by atoms with van der Waals surface area (Å²) >= 11 is 0. The van der Waals surface area contributed by atoms with E-state index < -0.39 is 18.1 Å². The maximum Gasteiger partial charge on any atom is 0.338 e. The highest BCUT2D eigenvalue weighted by Crippen LogP contribution is 2.29. The first-order valence-electron chi connectivity index (χ1n) is 10.9. The highest BCUT2D eigenvalue weighted by atomic mass is 19.1.